The maximum absolute atomic E-state index is 13.0. The van der Waals surface area contributed by atoms with Crippen LogP contribution in [-0.2, 0) is 9.53 Å². The van der Waals surface area contributed by atoms with Crippen molar-refractivity contribution in [3.05, 3.63) is 41.0 Å². The molecule has 1 spiro atoms. The number of carbonyl (C=O) groups is 2. The number of ether oxygens (including phenoxy) is 1. The minimum Gasteiger partial charge on any atom is -0.380 e. The van der Waals surface area contributed by atoms with E-state index in [0.717, 1.165) is 26.3 Å². The molecule has 3 atom stereocenters. The lowest BCUT2D eigenvalue weighted by atomic mass is 9.74. The first-order chi connectivity index (χ1) is 15.9. The Morgan fingerprint density at radius 2 is 1.97 bits per heavy atom. The standard InChI is InChI=1S/C23H25ClN6O3/c24-16-2-4-17(5-3-16)27-21-18(20(26)31)9-30(28-21)19-6-1-14(7-15(19)8-25)22(32)29-10-23(11-29)12-33-13-23/h2-5,9,14-15,19H,1,6-7,10-13H2,(H2,26,31)(H,27,28)/t14-,15?,19-/m1/s1. The van der Waals surface area contributed by atoms with E-state index >= 15 is 0 Å². The van der Waals surface area contributed by atoms with E-state index in [2.05, 4.69) is 16.5 Å². The van der Waals surface area contributed by atoms with Crippen molar-refractivity contribution in [2.75, 3.05) is 31.6 Å². The second-order valence-corrected chi connectivity index (χ2v) is 9.80. The zero-order valence-electron chi connectivity index (χ0n) is 18.0. The molecule has 0 radical (unpaired) electrons. The highest BCUT2D eigenvalue weighted by molar-refractivity contribution is 6.30. The van der Waals surface area contributed by atoms with E-state index in [-0.39, 0.29) is 34.8 Å². The van der Waals surface area contributed by atoms with Crippen molar-refractivity contribution in [2.24, 2.45) is 23.0 Å². The Kier molecular flexibility index (Phi) is 5.51. The summed E-state index contributed by atoms with van der Waals surface area (Å²) in [5.41, 5.74) is 6.71. The second kappa shape index (κ2) is 8.36. The molecule has 2 amide bonds. The molecule has 33 heavy (non-hydrogen) atoms. The van der Waals surface area contributed by atoms with Gasteiger partial charge in [0.15, 0.2) is 5.82 Å². The number of amides is 2. The molecule has 1 aromatic heterocycles. The molecule has 1 aromatic carbocycles. The molecule has 1 aliphatic carbocycles. The Balaban J connectivity index is 1.29. The summed E-state index contributed by atoms with van der Waals surface area (Å²) in [6.07, 6.45) is 3.36. The SMILES string of the molecule is N#CC1C[C@H](C(=O)N2CC3(COC3)C2)CC[C@H]1n1cc(C(N)=O)c(Nc2ccc(Cl)cc2)n1. The smallest absolute Gasteiger partial charge is 0.254 e. The number of nitriles is 1. The quantitative estimate of drug-likeness (QED) is 0.694. The van der Waals surface area contributed by atoms with Crippen LogP contribution in [-0.4, -0.2) is 52.8 Å². The number of hydrogen-bond donors (Lipinski definition) is 2. The molecule has 3 N–H and O–H groups in total. The molecule has 172 valence electrons. The maximum Gasteiger partial charge on any atom is 0.254 e. The van der Waals surface area contributed by atoms with E-state index in [1.165, 1.54) is 0 Å². The Hall–Kier alpha value is -3.09. The first-order valence-electron chi connectivity index (χ1n) is 11.1. The first kappa shape index (κ1) is 21.7. The van der Waals surface area contributed by atoms with Crippen LogP contribution in [0.1, 0.15) is 35.7 Å². The Morgan fingerprint density at radius 3 is 2.58 bits per heavy atom. The Labute approximate surface area is 196 Å². The number of likely N-dealkylation sites (tertiary alicyclic amines) is 1. The van der Waals surface area contributed by atoms with Crippen molar-refractivity contribution >= 4 is 34.9 Å². The van der Waals surface area contributed by atoms with Crippen LogP contribution in [0, 0.1) is 28.6 Å². The minimum absolute atomic E-state index is 0.134. The van der Waals surface area contributed by atoms with Gasteiger partial charge < -0.3 is 20.7 Å². The summed E-state index contributed by atoms with van der Waals surface area (Å²) in [6.45, 7) is 2.98. The van der Waals surface area contributed by atoms with E-state index in [0.29, 0.717) is 35.8 Å². The van der Waals surface area contributed by atoms with Gasteiger partial charge in [-0.2, -0.15) is 10.4 Å². The predicted molar refractivity (Wildman–Crippen MR) is 121 cm³/mol. The Bertz CT molecular complexity index is 1110. The van der Waals surface area contributed by atoms with Gasteiger partial charge in [-0.15, -0.1) is 0 Å². The summed E-state index contributed by atoms with van der Waals surface area (Å²) in [4.78, 5) is 26.9. The van der Waals surface area contributed by atoms with Crippen LogP contribution < -0.4 is 11.1 Å². The third kappa shape index (κ3) is 4.05. The molecule has 3 aliphatic rings. The molecule has 10 heteroatoms. The zero-order chi connectivity index (χ0) is 23.2. The number of aromatic nitrogens is 2. The fourth-order valence-electron chi connectivity index (χ4n) is 5.09. The molecule has 2 saturated heterocycles. The van der Waals surface area contributed by atoms with Crippen molar-refractivity contribution in [3.63, 3.8) is 0 Å². The molecule has 3 fully saturated rings. The Morgan fingerprint density at radius 1 is 1.24 bits per heavy atom. The number of halogens is 1. The molecule has 1 saturated carbocycles. The van der Waals surface area contributed by atoms with Gasteiger partial charge in [-0.3, -0.25) is 14.3 Å². The van der Waals surface area contributed by atoms with E-state index < -0.39 is 5.91 Å². The van der Waals surface area contributed by atoms with Gasteiger partial charge in [0, 0.05) is 35.9 Å². The van der Waals surface area contributed by atoms with Gasteiger partial charge in [0.05, 0.1) is 36.7 Å². The van der Waals surface area contributed by atoms with Crippen molar-refractivity contribution in [2.45, 2.75) is 25.3 Å². The third-order valence-electron chi connectivity index (χ3n) is 6.95. The highest BCUT2D eigenvalue weighted by Gasteiger charge is 2.52. The van der Waals surface area contributed by atoms with Gasteiger partial charge in [0.1, 0.15) is 5.56 Å². The maximum atomic E-state index is 13.0. The predicted octanol–water partition coefficient (Wildman–Crippen LogP) is 2.72. The number of benzene rings is 1. The molecule has 5 rings (SSSR count). The summed E-state index contributed by atoms with van der Waals surface area (Å²) < 4.78 is 6.94. The molecule has 2 aliphatic heterocycles. The largest absolute Gasteiger partial charge is 0.380 e. The summed E-state index contributed by atoms with van der Waals surface area (Å²) in [6, 6.07) is 9.13. The molecule has 0 bridgehead atoms. The lowest BCUT2D eigenvalue weighted by Crippen LogP contribution is -2.68. The number of nitrogens with one attached hydrogen (secondary N) is 1. The van der Waals surface area contributed by atoms with E-state index in [9.17, 15) is 14.9 Å². The lowest BCUT2D eigenvalue weighted by molar-refractivity contribution is -0.198. The van der Waals surface area contributed by atoms with Crippen LogP contribution in [0.2, 0.25) is 5.02 Å². The van der Waals surface area contributed by atoms with Gasteiger partial charge in [0.25, 0.3) is 5.91 Å². The summed E-state index contributed by atoms with van der Waals surface area (Å²) >= 11 is 5.94. The van der Waals surface area contributed by atoms with Crippen molar-refractivity contribution in [1.29, 1.82) is 5.26 Å². The van der Waals surface area contributed by atoms with Crippen molar-refractivity contribution < 1.29 is 14.3 Å². The third-order valence-corrected chi connectivity index (χ3v) is 7.21. The zero-order valence-corrected chi connectivity index (χ0v) is 18.8. The molecule has 3 heterocycles. The summed E-state index contributed by atoms with van der Waals surface area (Å²) in [5, 5.41) is 18.1. The topological polar surface area (TPSA) is 126 Å². The van der Waals surface area contributed by atoms with Crippen LogP contribution in [0.5, 0.6) is 0 Å². The monoisotopic (exact) mass is 468 g/mol. The summed E-state index contributed by atoms with van der Waals surface area (Å²) in [7, 11) is 0. The van der Waals surface area contributed by atoms with Crippen molar-refractivity contribution in [1.82, 2.24) is 14.7 Å². The van der Waals surface area contributed by atoms with E-state index in [1.807, 2.05) is 4.90 Å². The number of primary amides is 1. The van der Waals surface area contributed by atoms with Crippen LogP contribution >= 0.6 is 11.6 Å². The molecule has 9 nitrogen and oxygen atoms in total. The van der Waals surface area contributed by atoms with Gasteiger partial charge in [-0.05, 0) is 43.5 Å². The molecule has 2 aromatic rings. The number of anilines is 2. The van der Waals surface area contributed by atoms with Gasteiger partial charge in [-0.1, -0.05) is 11.6 Å². The van der Waals surface area contributed by atoms with Gasteiger partial charge in [0.2, 0.25) is 5.91 Å². The number of nitrogens with zero attached hydrogens (tertiary/aromatic N) is 4. The fourth-order valence-corrected chi connectivity index (χ4v) is 5.22. The van der Waals surface area contributed by atoms with E-state index in [4.69, 9.17) is 22.1 Å². The number of rotatable bonds is 5. The molecular formula is C23H25ClN6O3. The number of nitrogens with two attached hydrogens (primary N) is 1. The second-order valence-electron chi connectivity index (χ2n) is 9.37. The first-order valence-corrected chi connectivity index (χ1v) is 11.4. The number of hydrogen-bond acceptors (Lipinski definition) is 6. The molecule has 1 unspecified atom stereocenters. The normalized spacial score (nSPS) is 25.6. The van der Waals surface area contributed by atoms with Gasteiger partial charge in [-0.25, -0.2) is 0 Å². The van der Waals surface area contributed by atoms with Crippen LogP contribution in [0.25, 0.3) is 0 Å². The lowest BCUT2D eigenvalue weighted by Gasteiger charge is -2.55. The van der Waals surface area contributed by atoms with Crippen LogP contribution in [0.3, 0.4) is 0 Å². The van der Waals surface area contributed by atoms with Gasteiger partial charge >= 0.3 is 0 Å². The minimum atomic E-state index is -0.609. The van der Waals surface area contributed by atoms with Crippen LogP contribution in [0.15, 0.2) is 30.5 Å². The van der Waals surface area contributed by atoms with Crippen molar-refractivity contribution in [3.8, 4) is 6.07 Å². The molecular weight excluding hydrogens is 444 g/mol. The highest BCUT2D eigenvalue weighted by atomic mass is 35.5. The number of carbonyl (C=O) groups excluding carboxylic acids is 2. The van der Waals surface area contributed by atoms with Crippen LogP contribution in [0.4, 0.5) is 11.5 Å². The average molecular weight is 469 g/mol. The average Bonchev–Trinajstić information content (AvgIpc) is 3.16. The highest BCUT2D eigenvalue weighted by Crippen LogP contribution is 2.42. The fraction of sp³-hybridized carbons (Fsp3) is 0.478. The summed E-state index contributed by atoms with van der Waals surface area (Å²) in [5.74, 6) is -0.703. The van der Waals surface area contributed by atoms with E-state index in [1.54, 1.807) is 35.1 Å².